The largest absolute Gasteiger partial charge is 0.478 e. The third-order valence-electron chi connectivity index (χ3n) is 9.96. The van der Waals surface area contributed by atoms with Crippen LogP contribution in [0.4, 0.5) is 24.5 Å². The van der Waals surface area contributed by atoms with E-state index in [9.17, 15) is 14.7 Å². The molecule has 1 heterocycles. The van der Waals surface area contributed by atoms with Gasteiger partial charge in [-0.25, -0.2) is 18.0 Å². The van der Waals surface area contributed by atoms with Gasteiger partial charge in [0.15, 0.2) is 11.6 Å². The van der Waals surface area contributed by atoms with Crippen LogP contribution >= 0.6 is 11.6 Å². The number of para-hydroxylation sites is 1. The summed E-state index contributed by atoms with van der Waals surface area (Å²) in [5.41, 5.74) is -0.365. The van der Waals surface area contributed by atoms with Gasteiger partial charge in [0, 0.05) is 83.8 Å². The Morgan fingerprint density at radius 3 is 2.25 bits per heavy atom. The van der Waals surface area contributed by atoms with Crippen LogP contribution in [0.25, 0.3) is 33.4 Å². The number of nitrogens with one attached hydrogen (secondary N) is 1. The van der Waals surface area contributed by atoms with E-state index in [0.717, 1.165) is 31.4 Å². The molecule has 0 fully saturated rings. The van der Waals surface area contributed by atoms with Crippen LogP contribution in [-0.2, 0) is 9.47 Å². The summed E-state index contributed by atoms with van der Waals surface area (Å²) in [7, 11) is 3.64. The summed E-state index contributed by atoms with van der Waals surface area (Å²) in [5, 5.41) is 13.5. The van der Waals surface area contributed by atoms with Crippen molar-refractivity contribution in [1.82, 2.24) is 9.89 Å². The molecule has 0 spiro atoms. The Hall–Kier alpha value is -5.69. The van der Waals surface area contributed by atoms with Gasteiger partial charge in [0.1, 0.15) is 35.3 Å². The van der Waals surface area contributed by atoms with Gasteiger partial charge in [-0.2, -0.15) is 4.58 Å². The van der Waals surface area contributed by atoms with E-state index in [1.807, 2.05) is 46.9 Å². The molecule has 59 heavy (non-hydrogen) atoms. The van der Waals surface area contributed by atoms with Crippen molar-refractivity contribution in [2.45, 2.75) is 32.6 Å². The highest BCUT2D eigenvalue weighted by atomic mass is 35.5. The normalized spacial score (nSPS) is 12.2. The lowest BCUT2D eigenvalue weighted by atomic mass is 9.87. The molecule has 0 atom stereocenters. The number of amides is 1. The van der Waals surface area contributed by atoms with E-state index in [4.69, 9.17) is 25.5 Å². The molecule has 2 N–H and O–H groups in total. The number of carbonyl (C=O) groups excluding carboxylic acids is 1. The maximum absolute atomic E-state index is 17.1. The predicted molar refractivity (Wildman–Crippen MR) is 227 cm³/mol. The molecule has 3 aromatic carbocycles. The molecular formula is C46H48ClF3N3O6+. The van der Waals surface area contributed by atoms with Gasteiger partial charge in [0.05, 0.1) is 25.4 Å². The second-order valence-corrected chi connectivity index (χ2v) is 14.1. The topological polar surface area (TPSA) is 104 Å². The van der Waals surface area contributed by atoms with E-state index in [1.165, 1.54) is 0 Å². The number of hydrogen-bond donors (Lipinski definition) is 2. The molecule has 0 bridgehead atoms. The average Bonchev–Trinajstić information content (AvgIpc) is 3.23. The van der Waals surface area contributed by atoms with E-state index in [1.54, 1.807) is 62.5 Å². The summed E-state index contributed by atoms with van der Waals surface area (Å²) in [6, 6.07) is 17.7. The Morgan fingerprint density at radius 2 is 1.58 bits per heavy atom. The Bertz CT molecular complexity index is 2410. The summed E-state index contributed by atoms with van der Waals surface area (Å²) < 4.78 is 68.3. The summed E-state index contributed by atoms with van der Waals surface area (Å²) in [4.78, 5) is 28.1. The lowest BCUT2D eigenvalue weighted by Gasteiger charge is -2.23. The molecule has 310 valence electrons. The van der Waals surface area contributed by atoms with Crippen molar-refractivity contribution in [2.24, 2.45) is 0 Å². The van der Waals surface area contributed by atoms with Crippen LogP contribution in [0.2, 0.25) is 0 Å². The third-order valence-corrected chi connectivity index (χ3v) is 10.2. The number of hydrogen-bond acceptors (Lipinski definition) is 6. The van der Waals surface area contributed by atoms with Gasteiger partial charge >= 0.3 is 5.97 Å². The maximum Gasteiger partial charge on any atom is 0.339 e. The molecule has 2 aliphatic rings. The lowest BCUT2D eigenvalue weighted by Crippen LogP contribution is -2.30. The van der Waals surface area contributed by atoms with Crippen molar-refractivity contribution in [3.63, 3.8) is 0 Å². The second-order valence-electron chi connectivity index (χ2n) is 13.7. The minimum Gasteiger partial charge on any atom is -0.478 e. The highest BCUT2D eigenvalue weighted by Gasteiger charge is 2.35. The fourth-order valence-electron chi connectivity index (χ4n) is 6.88. The van der Waals surface area contributed by atoms with Gasteiger partial charge in [-0.15, -0.1) is 11.6 Å². The highest BCUT2D eigenvalue weighted by molar-refractivity contribution is 6.17. The first-order chi connectivity index (χ1) is 28.5. The van der Waals surface area contributed by atoms with Gasteiger partial charge in [0.2, 0.25) is 11.1 Å². The Labute approximate surface area is 346 Å². The smallest absolute Gasteiger partial charge is 0.339 e. The minimum atomic E-state index is -1.94. The lowest BCUT2D eigenvalue weighted by molar-refractivity contribution is 0.0468. The minimum absolute atomic E-state index is 0.0303. The summed E-state index contributed by atoms with van der Waals surface area (Å²) in [5.74, 6) is -7.77. The fraction of sp³-hybridized carbons (Fsp3) is 0.283. The number of carboxylic acid groups (broad SMARTS) is 1. The van der Waals surface area contributed by atoms with E-state index in [2.05, 4.69) is 18.5 Å². The highest BCUT2D eigenvalue weighted by Crippen LogP contribution is 2.46. The second kappa shape index (κ2) is 20.8. The molecule has 13 heteroatoms. The predicted octanol–water partition coefficient (Wildman–Crippen LogP) is 9.62. The number of carboxylic acids is 1. The molecule has 0 unspecified atom stereocenters. The number of likely N-dealkylation sites (N-methyl/N-ethyl adjacent to an activating group) is 1. The summed E-state index contributed by atoms with van der Waals surface area (Å²) in [6.07, 6.45) is 8.87. The molecule has 5 rings (SSSR count). The zero-order chi connectivity index (χ0) is 42.6. The van der Waals surface area contributed by atoms with Crippen molar-refractivity contribution < 1.29 is 41.8 Å². The number of anilines is 2. The summed E-state index contributed by atoms with van der Waals surface area (Å²) in [6.45, 7) is 10.3. The third kappa shape index (κ3) is 9.96. The molecule has 0 radical (unpaired) electrons. The van der Waals surface area contributed by atoms with Gasteiger partial charge in [0.25, 0.3) is 5.91 Å². The molecular weight excluding hydrogens is 783 g/mol. The van der Waals surface area contributed by atoms with Gasteiger partial charge in [-0.3, -0.25) is 4.79 Å². The van der Waals surface area contributed by atoms with Crippen LogP contribution in [-0.4, -0.2) is 69.9 Å². The molecule has 1 amide bonds. The zero-order valence-corrected chi connectivity index (χ0v) is 34.1. The molecule has 1 aliphatic heterocycles. The van der Waals surface area contributed by atoms with Gasteiger partial charge in [-0.1, -0.05) is 50.3 Å². The van der Waals surface area contributed by atoms with Crippen molar-refractivity contribution in [2.75, 3.05) is 57.8 Å². The number of benzene rings is 4. The van der Waals surface area contributed by atoms with Crippen LogP contribution in [0.15, 0.2) is 102 Å². The van der Waals surface area contributed by atoms with Crippen LogP contribution < -0.4 is 20.1 Å². The fourth-order valence-corrected chi connectivity index (χ4v) is 7.07. The first-order valence-corrected chi connectivity index (χ1v) is 19.7. The van der Waals surface area contributed by atoms with E-state index >= 15 is 13.2 Å². The number of aromatic carboxylic acids is 1. The van der Waals surface area contributed by atoms with E-state index in [-0.39, 0.29) is 47.6 Å². The standard InChI is InChI=1S/C46H47ClF3N3O6/c1-6-15-30(7-2)53(5)35-21-20-34-37(33-19-18-32(28-36(33)59-44(34)29(35)3)52(4)31-16-11-10-12-17-31)38-39(46(55)56)42(49)43(50)40(41(38)48)45(54)51-23-25-58-27-26-57-24-14-9-8-13-22-47/h6-7,10-12,15-21,28H,1-2,8-9,13-14,22-27H2,3-5H3,(H-,51,54,55,56)/p+1/b30-15+. The monoisotopic (exact) mass is 830 g/mol. The number of unbranched alkanes of at least 4 members (excludes halogenated alkanes) is 3. The number of nitrogens with zero attached hydrogens (tertiary/aromatic N) is 2. The van der Waals surface area contributed by atoms with Crippen LogP contribution in [0.1, 0.15) is 52.0 Å². The average molecular weight is 831 g/mol. The summed E-state index contributed by atoms with van der Waals surface area (Å²) >= 11 is 5.69. The number of allylic oxidation sites excluding steroid dienone is 3. The SMILES string of the molecule is C=C/C=C(\C=C)[N+](C)=c1ccc2c(-c3c(F)c(C(=O)NCCOCCOCCCCCCCl)c(F)c(F)c3C(=O)O)c3ccc(N(C)c4ccccc4)cc3oc-2c1C. The maximum atomic E-state index is 17.1. The molecule has 3 aromatic rings. The number of halogens is 4. The molecule has 9 nitrogen and oxygen atoms in total. The first-order valence-electron chi connectivity index (χ1n) is 19.2. The van der Waals surface area contributed by atoms with Gasteiger partial charge in [-0.05, 0) is 50.1 Å². The van der Waals surface area contributed by atoms with Crippen LogP contribution in [0.3, 0.4) is 0 Å². The quantitative estimate of drug-likeness (QED) is 0.0201. The molecule has 1 aliphatic carbocycles. The van der Waals surface area contributed by atoms with Crippen molar-refractivity contribution >= 4 is 45.8 Å². The number of alkyl halides is 1. The Balaban J connectivity index is 1.62. The zero-order valence-electron chi connectivity index (χ0n) is 33.4. The van der Waals surface area contributed by atoms with Crippen molar-refractivity contribution in [3.8, 4) is 22.5 Å². The molecule has 0 aromatic heterocycles. The molecule has 0 saturated carbocycles. The van der Waals surface area contributed by atoms with Crippen LogP contribution in [0, 0.1) is 24.4 Å². The van der Waals surface area contributed by atoms with Crippen molar-refractivity contribution in [1.29, 1.82) is 0 Å². The van der Waals surface area contributed by atoms with Gasteiger partial charge < -0.3 is 29.2 Å². The number of rotatable bonds is 20. The number of carbonyl (C=O) groups is 2. The number of fused-ring (bicyclic) bond motifs is 2. The first kappa shape index (κ1) is 44.4. The number of ether oxygens (including phenoxy) is 2. The van der Waals surface area contributed by atoms with E-state index < -0.39 is 46.0 Å². The van der Waals surface area contributed by atoms with E-state index in [0.29, 0.717) is 41.4 Å². The Kier molecular flexibility index (Phi) is 15.7. The van der Waals surface area contributed by atoms with Crippen molar-refractivity contribution in [3.05, 3.63) is 137 Å². The van der Waals surface area contributed by atoms with Crippen LogP contribution in [0.5, 0.6) is 0 Å². The molecule has 0 saturated heterocycles. The Morgan fingerprint density at radius 1 is 0.881 bits per heavy atom.